The zero-order chi connectivity index (χ0) is 23.5. The number of carbonyl (C=O) groups excluding carboxylic acids is 1. The molecule has 0 saturated heterocycles. The number of benzene rings is 3. The maximum atomic E-state index is 13.1. The number of methoxy groups -OCH3 is 2. The van der Waals surface area contributed by atoms with E-state index in [0.29, 0.717) is 28.4 Å². The van der Waals surface area contributed by atoms with Gasteiger partial charge in [-0.15, -0.1) is 0 Å². The first-order chi connectivity index (χ1) is 15.2. The molecule has 3 aromatic carbocycles. The van der Waals surface area contributed by atoms with Crippen molar-refractivity contribution in [1.29, 1.82) is 0 Å². The van der Waals surface area contributed by atoms with E-state index in [1.807, 2.05) is 32.0 Å². The molecular formula is C24H26N2O5S. The molecule has 168 valence electrons. The number of ether oxygens (including phenoxy) is 2. The molecule has 0 heterocycles. The molecule has 0 aliphatic heterocycles. The van der Waals surface area contributed by atoms with Crippen molar-refractivity contribution < 1.29 is 22.7 Å². The summed E-state index contributed by atoms with van der Waals surface area (Å²) in [6.45, 7) is 3.99. The maximum Gasteiger partial charge on any atom is 0.264 e. The quantitative estimate of drug-likeness (QED) is 0.572. The van der Waals surface area contributed by atoms with E-state index in [1.165, 1.54) is 33.4 Å². The van der Waals surface area contributed by atoms with Gasteiger partial charge in [0.15, 0.2) is 11.5 Å². The minimum atomic E-state index is -3.84. The van der Waals surface area contributed by atoms with Crippen molar-refractivity contribution in [2.45, 2.75) is 18.7 Å². The molecule has 0 fully saturated rings. The zero-order valence-corrected chi connectivity index (χ0v) is 19.5. The maximum absolute atomic E-state index is 13.1. The van der Waals surface area contributed by atoms with E-state index in [0.717, 1.165) is 15.4 Å². The van der Waals surface area contributed by atoms with Crippen molar-refractivity contribution in [2.24, 2.45) is 0 Å². The van der Waals surface area contributed by atoms with Crippen LogP contribution in [-0.2, 0) is 10.0 Å². The molecule has 0 saturated carbocycles. The Balaban J connectivity index is 1.80. The van der Waals surface area contributed by atoms with Crippen LogP contribution in [0.1, 0.15) is 21.5 Å². The van der Waals surface area contributed by atoms with Gasteiger partial charge in [-0.1, -0.05) is 6.07 Å². The fourth-order valence-electron chi connectivity index (χ4n) is 3.12. The Morgan fingerprint density at radius 3 is 2.09 bits per heavy atom. The number of amides is 1. The molecule has 0 spiro atoms. The number of hydrogen-bond donors (Lipinski definition) is 1. The molecule has 32 heavy (non-hydrogen) atoms. The molecule has 0 radical (unpaired) electrons. The third-order valence-corrected chi connectivity index (χ3v) is 7.05. The predicted octanol–water partition coefficient (Wildman–Crippen LogP) is 4.40. The fourth-order valence-corrected chi connectivity index (χ4v) is 4.33. The van der Waals surface area contributed by atoms with E-state index in [1.54, 1.807) is 30.3 Å². The van der Waals surface area contributed by atoms with E-state index in [2.05, 4.69) is 5.32 Å². The van der Waals surface area contributed by atoms with Gasteiger partial charge in [0, 0.05) is 24.4 Å². The molecule has 7 nitrogen and oxygen atoms in total. The van der Waals surface area contributed by atoms with Crippen molar-refractivity contribution in [2.75, 3.05) is 30.9 Å². The first kappa shape index (κ1) is 23.1. The van der Waals surface area contributed by atoms with Crippen LogP contribution in [0.15, 0.2) is 65.6 Å². The van der Waals surface area contributed by atoms with E-state index in [4.69, 9.17) is 9.47 Å². The van der Waals surface area contributed by atoms with Gasteiger partial charge >= 0.3 is 0 Å². The molecule has 8 heteroatoms. The third kappa shape index (κ3) is 4.70. The number of rotatable bonds is 7. The fraction of sp³-hybridized carbons (Fsp3) is 0.208. The van der Waals surface area contributed by atoms with Gasteiger partial charge in [-0.05, 0) is 73.5 Å². The Hall–Kier alpha value is -3.52. The van der Waals surface area contributed by atoms with Crippen molar-refractivity contribution in [3.63, 3.8) is 0 Å². The zero-order valence-electron chi connectivity index (χ0n) is 18.7. The average molecular weight is 455 g/mol. The summed E-state index contributed by atoms with van der Waals surface area (Å²) in [6, 6.07) is 16.5. The number of hydrogen-bond acceptors (Lipinski definition) is 5. The molecule has 0 atom stereocenters. The van der Waals surface area contributed by atoms with E-state index < -0.39 is 10.0 Å². The number of carbonyl (C=O) groups is 1. The summed E-state index contributed by atoms with van der Waals surface area (Å²) >= 11 is 0. The Bertz CT molecular complexity index is 1240. The molecule has 0 aromatic heterocycles. The average Bonchev–Trinajstić information content (AvgIpc) is 2.80. The van der Waals surface area contributed by atoms with Crippen LogP contribution in [0.5, 0.6) is 11.5 Å². The van der Waals surface area contributed by atoms with Crippen molar-refractivity contribution >= 4 is 27.3 Å². The molecule has 1 amide bonds. The summed E-state index contributed by atoms with van der Waals surface area (Å²) in [5.41, 5.74) is 3.77. The minimum absolute atomic E-state index is 0.0641. The summed E-state index contributed by atoms with van der Waals surface area (Å²) in [5.74, 6) is 0.485. The number of nitrogens with zero attached hydrogens (tertiary/aromatic N) is 1. The second kappa shape index (κ2) is 9.32. The molecular weight excluding hydrogens is 428 g/mol. The lowest BCUT2D eigenvalue weighted by molar-refractivity contribution is 0.102. The number of aryl methyl sites for hydroxylation is 2. The van der Waals surface area contributed by atoms with Gasteiger partial charge in [0.2, 0.25) is 0 Å². The molecule has 3 aromatic rings. The normalized spacial score (nSPS) is 11.0. The van der Waals surface area contributed by atoms with Crippen LogP contribution in [0.2, 0.25) is 0 Å². The monoisotopic (exact) mass is 454 g/mol. The van der Waals surface area contributed by atoms with Crippen LogP contribution < -0.4 is 19.1 Å². The first-order valence-electron chi connectivity index (χ1n) is 9.87. The number of anilines is 2. The highest BCUT2D eigenvalue weighted by Crippen LogP contribution is 2.31. The van der Waals surface area contributed by atoms with Gasteiger partial charge in [0.25, 0.3) is 15.9 Å². The first-order valence-corrected chi connectivity index (χ1v) is 11.3. The third-order valence-electron chi connectivity index (χ3n) is 5.27. The van der Waals surface area contributed by atoms with E-state index in [9.17, 15) is 13.2 Å². The van der Waals surface area contributed by atoms with Crippen molar-refractivity contribution in [3.8, 4) is 11.5 Å². The largest absolute Gasteiger partial charge is 0.493 e. The number of nitrogens with one attached hydrogen (secondary N) is 1. The molecule has 0 bridgehead atoms. The van der Waals surface area contributed by atoms with Crippen LogP contribution in [0.25, 0.3) is 0 Å². The summed E-state index contributed by atoms with van der Waals surface area (Å²) in [5, 5.41) is 2.86. The SMILES string of the molecule is COc1ccc(S(=O)(=O)N(C)c2ccc(C(=O)Nc3ccc(C)c(C)c3)cc2)cc1OC. The van der Waals surface area contributed by atoms with E-state index >= 15 is 0 Å². The van der Waals surface area contributed by atoms with Crippen molar-refractivity contribution in [1.82, 2.24) is 0 Å². The summed E-state index contributed by atoms with van der Waals surface area (Å²) in [7, 11) is 0.538. The van der Waals surface area contributed by atoms with Gasteiger partial charge in [0.1, 0.15) is 0 Å². The lowest BCUT2D eigenvalue weighted by Crippen LogP contribution is -2.26. The van der Waals surface area contributed by atoms with Crippen molar-refractivity contribution in [3.05, 3.63) is 77.4 Å². The van der Waals surface area contributed by atoms with Crippen LogP contribution >= 0.6 is 0 Å². The van der Waals surface area contributed by atoms with Gasteiger partial charge in [-0.2, -0.15) is 0 Å². The Morgan fingerprint density at radius 1 is 0.844 bits per heavy atom. The van der Waals surface area contributed by atoms with Crippen LogP contribution in [-0.4, -0.2) is 35.6 Å². The Morgan fingerprint density at radius 2 is 1.50 bits per heavy atom. The summed E-state index contributed by atoms with van der Waals surface area (Å²) < 4.78 is 37.7. The lowest BCUT2D eigenvalue weighted by Gasteiger charge is -2.20. The molecule has 0 unspecified atom stereocenters. The Labute approximate surface area is 188 Å². The minimum Gasteiger partial charge on any atom is -0.493 e. The van der Waals surface area contributed by atoms with Crippen LogP contribution in [0.3, 0.4) is 0 Å². The smallest absolute Gasteiger partial charge is 0.264 e. The Kier molecular flexibility index (Phi) is 6.74. The highest BCUT2D eigenvalue weighted by molar-refractivity contribution is 7.92. The van der Waals surface area contributed by atoms with Gasteiger partial charge < -0.3 is 14.8 Å². The molecule has 3 rings (SSSR count). The van der Waals surface area contributed by atoms with Gasteiger partial charge in [0.05, 0.1) is 24.8 Å². The van der Waals surface area contributed by atoms with E-state index in [-0.39, 0.29) is 10.8 Å². The highest BCUT2D eigenvalue weighted by atomic mass is 32.2. The highest BCUT2D eigenvalue weighted by Gasteiger charge is 2.23. The standard InChI is InChI=1S/C24H26N2O5S/c1-16-6-9-19(14-17(16)2)25-24(27)18-7-10-20(11-8-18)26(3)32(28,29)21-12-13-22(30-4)23(15-21)31-5/h6-15H,1-5H3,(H,25,27). The van der Waals surface area contributed by atoms with Gasteiger partial charge in [-0.25, -0.2) is 8.42 Å². The molecule has 0 aliphatic carbocycles. The van der Waals surface area contributed by atoms with Gasteiger partial charge in [-0.3, -0.25) is 9.10 Å². The molecule has 0 aliphatic rings. The van der Waals surface area contributed by atoms with Crippen LogP contribution in [0.4, 0.5) is 11.4 Å². The summed E-state index contributed by atoms with van der Waals surface area (Å²) in [4.78, 5) is 12.6. The lowest BCUT2D eigenvalue weighted by atomic mass is 10.1. The predicted molar refractivity (Wildman–Crippen MR) is 125 cm³/mol. The second-order valence-electron chi connectivity index (χ2n) is 7.29. The van der Waals surface area contributed by atoms with Crippen LogP contribution in [0, 0.1) is 13.8 Å². The topological polar surface area (TPSA) is 84.9 Å². The summed E-state index contributed by atoms with van der Waals surface area (Å²) in [6.07, 6.45) is 0. The number of sulfonamides is 1. The molecule has 1 N–H and O–H groups in total. The second-order valence-corrected chi connectivity index (χ2v) is 9.26.